The highest BCUT2D eigenvalue weighted by molar-refractivity contribution is 7.25. The number of thiophene rings is 1. The fourth-order valence-electron chi connectivity index (χ4n) is 7.54. The zero-order chi connectivity index (χ0) is 32.3. The second-order valence-electron chi connectivity index (χ2n) is 12.7. The van der Waals surface area contributed by atoms with E-state index >= 15 is 0 Å². The molecule has 2 aromatic heterocycles. The van der Waals surface area contributed by atoms with Crippen LogP contribution in [0.2, 0.25) is 0 Å². The van der Waals surface area contributed by atoms with Crippen molar-refractivity contribution in [3.05, 3.63) is 176 Å². The van der Waals surface area contributed by atoms with Crippen molar-refractivity contribution in [2.75, 3.05) is 0 Å². The molecule has 2 heterocycles. The molecule has 0 atom stereocenters. The van der Waals surface area contributed by atoms with Gasteiger partial charge in [0.25, 0.3) is 0 Å². The number of pyridine rings is 1. The van der Waals surface area contributed by atoms with E-state index in [1.807, 2.05) is 11.3 Å². The van der Waals surface area contributed by atoms with E-state index in [1.54, 1.807) is 0 Å². The molecule has 228 valence electrons. The molecule has 10 rings (SSSR count). The zero-order valence-electron chi connectivity index (χ0n) is 26.6. The molecule has 0 bridgehead atoms. The van der Waals surface area contributed by atoms with Crippen molar-refractivity contribution in [2.45, 2.75) is 0 Å². The summed E-state index contributed by atoms with van der Waals surface area (Å²) in [6.45, 7) is 0. The molecule has 8 aromatic carbocycles. The van der Waals surface area contributed by atoms with Gasteiger partial charge in [0.05, 0.1) is 5.69 Å². The van der Waals surface area contributed by atoms with Gasteiger partial charge in [-0.2, -0.15) is 0 Å². The van der Waals surface area contributed by atoms with Crippen LogP contribution >= 0.6 is 11.3 Å². The summed E-state index contributed by atoms with van der Waals surface area (Å²) in [5.41, 5.74) is 9.41. The van der Waals surface area contributed by atoms with Crippen LogP contribution in [0.3, 0.4) is 0 Å². The molecule has 0 radical (unpaired) electrons. The minimum atomic E-state index is 0.983. The first-order valence-corrected chi connectivity index (χ1v) is 17.5. The lowest BCUT2D eigenvalue weighted by molar-refractivity contribution is 1.33. The molecule has 0 saturated carbocycles. The Morgan fingerprint density at radius 2 is 0.837 bits per heavy atom. The molecule has 49 heavy (non-hydrogen) atoms. The van der Waals surface area contributed by atoms with Crippen LogP contribution in [0.1, 0.15) is 0 Å². The smallest absolute Gasteiger partial charge is 0.0702 e. The van der Waals surface area contributed by atoms with E-state index < -0.39 is 0 Å². The SMILES string of the molecule is c1ccc(-c2ccc(-c3c4ccccc4c(-c4ccc(-c5ccc6c(c5)sc5cc7ccccc7cc56)nc4)c4ccccc34)cc2)cc1. The fourth-order valence-corrected chi connectivity index (χ4v) is 8.72. The minimum Gasteiger partial charge on any atom is -0.256 e. The molecule has 0 aliphatic rings. The lowest BCUT2D eigenvalue weighted by atomic mass is 9.86. The predicted octanol–water partition coefficient (Wildman–Crippen LogP) is 13.6. The summed E-state index contributed by atoms with van der Waals surface area (Å²) in [6.07, 6.45) is 2.06. The van der Waals surface area contributed by atoms with Crippen LogP contribution in [-0.2, 0) is 0 Å². The van der Waals surface area contributed by atoms with Gasteiger partial charge in [0.15, 0.2) is 0 Å². The van der Waals surface area contributed by atoms with E-state index in [4.69, 9.17) is 4.98 Å². The summed E-state index contributed by atoms with van der Waals surface area (Å²) < 4.78 is 2.61. The van der Waals surface area contributed by atoms with Crippen molar-refractivity contribution in [2.24, 2.45) is 0 Å². The van der Waals surface area contributed by atoms with Crippen LogP contribution in [0.15, 0.2) is 176 Å². The minimum absolute atomic E-state index is 0.983. The van der Waals surface area contributed by atoms with Crippen molar-refractivity contribution in [1.82, 2.24) is 4.98 Å². The molecule has 0 N–H and O–H groups in total. The number of hydrogen-bond donors (Lipinski definition) is 0. The largest absolute Gasteiger partial charge is 0.256 e. The first-order valence-electron chi connectivity index (χ1n) is 16.7. The van der Waals surface area contributed by atoms with Gasteiger partial charge in [-0.25, -0.2) is 0 Å². The highest BCUT2D eigenvalue weighted by atomic mass is 32.1. The predicted molar refractivity (Wildman–Crippen MR) is 211 cm³/mol. The van der Waals surface area contributed by atoms with E-state index in [-0.39, 0.29) is 0 Å². The second-order valence-corrected chi connectivity index (χ2v) is 13.8. The van der Waals surface area contributed by atoms with Crippen LogP contribution < -0.4 is 0 Å². The van der Waals surface area contributed by atoms with Crippen molar-refractivity contribution >= 4 is 63.8 Å². The topological polar surface area (TPSA) is 12.9 Å². The Hall–Kier alpha value is -6.09. The normalized spacial score (nSPS) is 11.7. The van der Waals surface area contributed by atoms with Gasteiger partial charge in [-0.3, -0.25) is 4.98 Å². The third-order valence-corrected chi connectivity index (χ3v) is 11.0. The summed E-state index contributed by atoms with van der Waals surface area (Å²) in [5.74, 6) is 0. The average Bonchev–Trinajstić information content (AvgIpc) is 3.53. The van der Waals surface area contributed by atoms with E-state index in [0.717, 1.165) is 16.8 Å². The van der Waals surface area contributed by atoms with Crippen LogP contribution in [0.5, 0.6) is 0 Å². The number of hydrogen-bond acceptors (Lipinski definition) is 2. The molecule has 0 aliphatic heterocycles. The Bertz CT molecular complexity index is 2790. The maximum absolute atomic E-state index is 5.07. The Balaban J connectivity index is 1.08. The van der Waals surface area contributed by atoms with Gasteiger partial charge in [0, 0.05) is 37.5 Å². The van der Waals surface area contributed by atoms with Crippen LogP contribution in [-0.4, -0.2) is 4.98 Å². The summed E-state index contributed by atoms with van der Waals surface area (Å²) in [5, 5.41) is 10.2. The Labute approximate surface area is 288 Å². The van der Waals surface area contributed by atoms with Gasteiger partial charge < -0.3 is 0 Å². The van der Waals surface area contributed by atoms with Crippen molar-refractivity contribution in [3.63, 3.8) is 0 Å². The first-order chi connectivity index (χ1) is 24.3. The molecule has 0 fully saturated rings. The maximum Gasteiger partial charge on any atom is 0.0702 e. The van der Waals surface area contributed by atoms with E-state index in [0.29, 0.717) is 0 Å². The molecule has 1 nitrogen and oxygen atoms in total. The van der Waals surface area contributed by atoms with Crippen LogP contribution in [0.4, 0.5) is 0 Å². The number of nitrogens with zero attached hydrogens (tertiary/aromatic N) is 1. The highest BCUT2D eigenvalue weighted by Gasteiger charge is 2.17. The van der Waals surface area contributed by atoms with Gasteiger partial charge in [-0.05, 0) is 84.4 Å². The van der Waals surface area contributed by atoms with Crippen LogP contribution in [0, 0.1) is 0 Å². The molecule has 0 aliphatic carbocycles. The molecular weight excluding hydrogens is 611 g/mol. The molecule has 0 saturated heterocycles. The molecular formula is C47H29NS. The maximum atomic E-state index is 5.07. The summed E-state index contributed by atoms with van der Waals surface area (Å²) >= 11 is 1.86. The summed E-state index contributed by atoms with van der Waals surface area (Å²) in [7, 11) is 0. The Morgan fingerprint density at radius 1 is 0.327 bits per heavy atom. The fraction of sp³-hybridized carbons (Fsp3) is 0. The number of aromatic nitrogens is 1. The van der Waals surface area contributed by atoms with E-state index in [9.17, 15) is 0 Å². The van der Waals surface area contributed by atoms with E-state index in [1.165, 1.54) is 80.3 Å². The van der Waals surface area contributed by atoms with Gasteiger partial charge >= 0.3 is 0 Å². The molecule has 2 heteroatoms. The Morgan fingerprint density at radius 3 is 1.49 bits per heavy atom. The van der Waals surface area contributed by atoms with Gasteiger partial charge in [0.2, 0.25) is 0 Å². The van der Waals surface area contributed by atoms with Gasteiger partial charge in [0.1, 0.15) is 0 Å². The molecule has 0 amide bonds. The number of benzene rings is 8. The first kappa shape index (κ1) is 28.0. The second kappa shape index (κ2) is 11.3. The third-order valence-electron chi connectivity index (χ3n) is 9.90. The number of rotatable bonds is 4. The van der Waals surface area contributed by atoms with Crippen molar-refractivity contribution in [3.8, 4) is 44.6 Å². The molecule has 10 aromatic rings. The van der Waals surface area contributed by atoms with Gasteiger partial charge in [-0.15, -0.1) is 11.3 Å². The quantitative estimate of drug-likeness (QED) is 0.175. The monoisotopic (exact) mass is 639 g/mol. The third kappa shape index (κ3) is 4.64. The van der Waals surface area contributed by atoms with E-state index in [2.05, 4.69) is 176 Å². The Kier molecular flexibility index (Phi) is 6.43. The zero-order valence-corrected chi connectivity index (χ0v) is 27.4. The summed E-state index contributed by atoms with van der Waals surface area (Å²) in [6, 6.07) is 61.7. The number of fused-ring (bicyclic) bond motifs is 6. The van der Waals surface area contributed by atoms with Crippen molar-refractivity contribution in [1.29, 1.82) is 0 Å². The standard InChI is InChI=1S/C47H29NS/c1-2-10-30(11-3-1)31-18-20-32(21-19-31)46-38-14-6-8-16-40(38)47(41-17-9-7-15-39(41)46)36-23-25-43(48-29-36)35-22-24-37-42-26-33-12-4-5-13-34(33)27-45(42)49-44(37)28-35/h1-29H. The molecule has 0 spiro atoms. The highest BCUT2D eigenvalue weighted by Crippen LogP contribution is 2.44. The lowest BCUT2D eigenvalue weighted by Crippen LogP contribution is -1.92. The average molecular weight is 640 g/mol. The van der Waals surface area contributed by atoms with Crippen LogP contribution in [0.25, 0.3) is 97.1 Å². The summed E-state index contributed by atoms with van der Waals surface area (Å²) in [4.78, 5) is 5.07. The lowest BCUT2D eigenvalue weighted by Gasteiger charge is -2.18. The molecule has 0 unspecified atom stereocenters. The van der Waals surface area contributed by atoms with Gasteiger partial charge in [-0.1, -0.05) is 146 Å². The van der Waals surface area contributed by atoms with Crippen molar-refractivity contribution < 1.29 is 0 Å².